The summed E-state index contributed by atoms with van der Waals surface area (Å²) in [6.07, 6.45) is 0. The second kappa shape index (κ2) is 5.23. The summed E-state index contributed by atoms with van der Waals surface area (Å²) in [6, 6.07) is 2.25. The van der Waals surface area contributed by atoms with E-state index in [1.807, 2.05) is 5.32 Å². The Kier molecular flexibility index (Phi) is 3.94. The Balaban J connectivity index is 2.45. The average molecular weight is 365 g/mol. The van der Waals surface area contributed by atoms with Crippen molar-refractivity contribution in [2.45, 2.75) is 17.9 Å². The second-order valence-electron chi connectivity index (χ2n) is 4.21. The van der Waals surface area contributed by atoms with Crippen molar-refractivity contribution in [1.29, 1.82) is 0 Å². The van der Waals surface area contributed by atoms with Crippen molar-refractivity contribution in [2.75, 3.05) is 6.54 Å². The maximum absolute atomic E-state index is 13.5. The summed E-state index contributed by atoms with van der Waals surface area (Å²) >= 11 is 2.92. The third kappa shape index (κ3) is 2.60. The maximum atomic E-state index is 13.5. The van der Waals surface area contributed by atoms with Crippen LogP contribution in [0.25, 0.3) is 0 Å². The van der Waals surface area contributed by atoms with Crippen LogP contribution >= 0.6 is 15.9 Å². The first-order valence-electron chi connectivity index (χ1n) is 5.54. The predicted molar refractivity (Wildman–Crippen MR) is 70.6 cm³/mol. The van der Waals surface area contributed by atoms with Gasteiger partial charge in [-0.2, -0.15) is 4.31 Å². The zero-order valence-corrected chi connectivity index (χ0v) is 12.7. The molecule has 1 aromatic rings. The van der Waals surface area contributed by atoms with Gasteiger partial charge in [-0.25, -0.2) is 12.8 Å². The van der Waals surface area contributed by atoms with E-state index in [1.54, 1.807) is 0 Å². The Morgan fingerprint density at radius 3 is 2.65 bits per heavy atom. The molecule has 1 saturated heterocycles. The Hall–Kier alpha value is -1.32. The Morgan fingerprint density at radius 1 is 1.40 bits per heavy atom. The van der Waals surface area contributed by atoms with Crippen molar-refractivity contribution in [3.63, 3.8) is 0 Å². The summed E-state index contributed by atoms with van der Waals surface area (Å²) in [4.78, 5) is 22.5. The van der Waals surface area contributed by atoms with Crippen LogP contribution in [-0.2, 0) is 19.6 Å². The first-order valence-corrected chi connectivity index (χ1v) is 7.77. The molecule has 1 heterocycles. The van der Waals surface area contributed by atoms with Crippen LogP contribution in [0.5, 0.6) is 0 Å². The predicted octanol–water partition coefficient (Wildman–Crippen LogP) is 0.624. The minimum atomic E-state index is -4.13. The molecule has 2 amide bonds. The molecule has 1 N–H and O–H groups in total. The Labute approximate surface area is 123 Å². The largest absolute Gasteiger partial charge is 0.294 e. The molecule has 108 valence electrons. The topological polar surface area (TPSA) is 83.6 Å². The number of hydrogen-bond acceptors (Lipinski definition) is 4. The van der Waals surface area contributed by atoms with Crippen molar-refractivity contribution >= 4 is 37.8 Å². The molecular formula is C11H10BrFN2O4S. The van der Waals surface area contributed by atoms with E-state index >= 15 is 0 Å². The summed E-state index contributed by atoms with van der Waals surface area (Å²) in [5, 5.41) is 2.04. The lowest BCUT2D eigenvalue weighted by Crippen LogP contribution is -2.58. The lowest BCUT2D eigenvalue weighted by atomic mass is 10.2. The van der Waals surface area contributed by atoms with Gasteiger partial charge < -0.3 is 0 Å². The fourth-order valence-electron chi connectivity index (χ4n) is 1.76. The van der Waals surface area contributed by atoms with E-state index in [0.29, 0.717) is 0 Å². The maximum Gasteiger partial charge on any atom is 0.244 e. The standard InChI is InChI=1S/C11H10BrFN2O4S/c1-6-11(17)14-10(16)5-15(6)20(18,19)7-2-3-8(12)9(13)4-7/h2-4,6H,5H2,1H3,(H,14,16,17). The number of carbonyl (C=O) groups excluding carboxylic acids is 2. The highest BCUT2D eigenvalue weighted by atomic mass is 79.9. The van der Waals surface area contributed by atoms with Gasteiger partial charge in [0.05, 0.1) is 15.9 Å². The van der Waals surface area contributed by atoms with E-state index in [1.165, 1.54) is 19.1 Å². The van der Waals surface area contributed by atoms with Gasteiger partial charge in [-0.05, 0) is 41.1 Å². The zero-order valence-electron chi connectivity index (χ0n) is 10.3. The molecule has 0 saturated carbocycles. The molecule has 0 radical (unpaired) electrons. The van der Waals surface area contributed by atoms with E-state index in [2.05, 4.69) is 15.9 Å². The number of sulfonamides is 1. The number of imide groups is 1. The van der Waals surface area contributed by atoms with Gasteiger partial charge in [-0.15, -0.1) is 0 Å². The SMILES string of the molecule is CC1C(=O)NC(=O)CN1S(=O)(=O)c1ccc(Br)c(F)c1. The molecule has 20 heavy (non-hydrogen) atoms. The number of amides is 2. The van der Waals surface area contributed by atoms with E-state index in [4.69, 9.17) is 0 Å². The van der Waals surface area contributed by atoms with Crippen molar-refractivity contribution in [3.05, 3.63) is 28.5 Å². The molecule has 1 aromatic carbocycles. The third-order valence-electron chi connectivity index (χ3n) is 2.87. The van der Waals surface area contributed by atoms with E-state index < -0.39 is 40.2 Å². The number of nitrogens with zero attached hydrogens (tertiary/aromatic N) is 1. The molecule has 1 aliphatic rings. The number of hydrogen-bond donors (Lipinski definition) is 1. The Bertz CT molecular complexity index is 692. The molecule has 1 atom stereocenters. The highest BCUT2D eigenvalue weighted by molar-refractivity contribution is 9.10. The van der Waals surface area contributed by atoms with Crippen molar-refractivity contribution in [3.8, 4) is 0 Å². The molecular weight excluding hydrogens is 355 g/mol. The van der Waals surface area contributed by atoms with Gasteiger partial charge in [-0.1, -0.05) is 0 Å². The van der Waals surface area contributed by atoms with Crippen LogP contribution in [0.1, 0.15) is 6.92 Å². The summed E-state index contributed by atoms with van der Waals surface area (Å²) in [5.41, 5.74) is 0. The van der Waals surface area contributed by atoms with Crippen molar-refractivity contribution < 1.29 is 22.4 Å². The molecule has 6 nitrogen and oxygen atoms in total. The molecule has 1 aliphatic heterocycles. The quantitative estimate of drug-likeness (QED) is 0.779. The first-order chi connectivity index (χ1) is 9.23. The summed E-state index contributed by atoms with van der Waals surface area (Å²) in [6.45, 7) is 0.876. The highest BCUT2D eigenvalue weighted by Crippen LogP contribution is 2.24. The Morgan fingerprint density at radius 2 is 2.05 bits per heavy atom. The number of piperazine rings is 1. The summed E-state index contributed by atoms with van der Waals surface area (Å²) in [7, 11) is -4.13. The number of benzene rings is 1. The number of nitrogens with one attached hydrogen (secondary N) is 1. The molecule has 2 rings (SSSR count). The molecule has 9 heteroatoms. The van der Waals surface area contributed by atoms with E-state index in [9.17, 15) is 22.4 Å². The summed E-state index contributed by atoms with van der Waals surface area (Å²) in [5.74, 6) is -2.16. The second-order valence-corrected chi connectivity index (χ2v) is 6.96. The van der Waals surface area contributed by atoms with Crippen LogP contribution in [0.3, 0.4) is 0 Å². The van der Waals surface area contributed by atoms with Gasteiger partial charge in [0.2, 0.25) is 21.8 Å². The van der Waals surface area contributed by atoms with Crippen LogP contribution in [0.2, 0.25) is 0 Å². The number of halogens is 2. The van der Waals surface area contributed by atoms with Crippen LogP contribution in [0, 0.1) is 5.82 Å². The smallest absolute Gasteiger partial charge is 0.244 e. The van der Waals surface area contributed by atoms with Crippen LogP contribution in [-0.4, -0.2) is 37.1 Å². The van der Waals surface area contributed by atoms with Crippen LogP contribution in [0.4, 0.5) is 4.39 Å². The summed E-state index contributed by atoms with van der Waals surface area (Å²) < 4.78 is 39.0. The third-order valence-corrected chi connectivity index (χ3v) is 5.43. The van der Waals surface area contributed by atoms with Crippen LogP contribution in [0.15, 0.2) is 27.6 Å². The van der Waals surface area contributed by atoms with E-state index in [-0.39, 0.29) is 9.37 Å². The number of rotatable bonds is 2. The fourth-order valence-corrected chi connectivity index (χ4v) is 3.57. The minimum Gasteiger partial charge on any atom is -0.294 e. The molecule has 0 spiro atoms. The molecule has 1 fully saturated rings. The van der Waals surface area contributed by atoms with Gasteiger partial charge in [-0.3, -0.25) is 14.9 Å². The van der Waals surface area contributed by atoms with Gasteiger partial charge in [0, 0.05) is 0 Å². The molecule has 1 unspecified atom stereocenters. The lowest BCUT2D eigenvalue weighted by molar-refractivity contribution is -0.136. The van der Waals surface area contributed by atoms with E-state index in [0.717, 1.165) is 10.4 Å². The first kappa shape index (κ1) is 15.1. The highest BCUT2D eigenvalue weighted by Gasteiger charge is 2.39. The molecule has 0 aromatic heterocycles. The van der Waals surface area contributed by atoms with Crippen LogP contribution < -0.4 is 5.32 Å². The van der Waals surface area contributed by atoms with Crippen molar-refractivity contribution in [2.24, 2.45) is 0 Å². The van der Waals surface area contributed by atoms with Gasteiger partial charge in [0.25, 0.3) is 0 Å². The zero-order chi connectivity index (χ0) is 15.1. The fraction of sp³-hybridized carbons (Fsp3) is 0.273. The van der Waals surface area contributed by atoms with Gasteiger partial charge in [0.1, 0.15) is 11.9 Å². The van der Waals surface area contributed by atoms with Crippen molar-refractivity contribution in [1.82, 2.24) is 9.62 Å². The number of carbonyl (C=O) groups is 2. The lowest BCUT2D eigenvalue weighted by Gasteiger charge is -2.30. The monoisotopic (exact) mass is 364 g/mol. The van der Waals surface area contributed by atoms with Gasteiger partial charge in [0.15, 0.2) is 0 Å². The molecule has 0 bridgehead atoms. The normalized spacial score (nSPS) is 20.9. The minimum absolute atomic E-state index is 0.122. The molecule has 0 aliphatic carbocycles. The van der Waals surface area contributed by atoms with Gasteiger partial charge >= 0.3 is 0 Å². The average Bonchev–Trinajstić information content (AvgIpc) is 2.36.